The first-order valence-electron chi connectivity index (χ1n) is 6.82. The van der Waals surface area contributed by atoms with E-state index in [4.69, 9.17) is 0 Å². The maximum atomic E-state index is 10.6. The summed E-state index contributed by atoms with van der Waals surface area (Å²) >= 11 is 0. The molecular formula is C14H28O4. The topological polar surface area (TPSA) is 52.6 Å². The second-order valence-electron chi connectivity index (χ2n) is 4.09. The highest BCUT2D eigenvalue weighted by Crippen LogP contribution is 2.07. The third-order valence-corrected chi connectivity index (χ3v) is 2.38. The van der Waals surface area contributed by atoms with E-state index in [2.05, 4.69) is 30.2 Å². The van der Waals surface area contributed by atoms with Crippen LogP contribution in [0.5, 0.6) is 0 Å². The molecule has 0 aromatic rings. The average Bonchev–Trinajstić information content (AvgIpc) is 2.30. The summed E-state index contributed by atoms with van der Waals surface area (Å²) in [6, 6.07) is 0. The quantitative estimate of drug-likeness (QED) is 0.520. The second-order valence-corrected chi connectivity index (χ2v) is 4.09. The van der Waals surface area contributed by atoms with Gasteiger partial charge in [0.05, 0.1) is 13.2 Å². The van der Waals surface area contributed by atoms with E-state index in [0.29, 0.717) is 0 Å². The van der Waals surface area contributed by atoms with Gasteiger partial charge in [-0.15, -0.1) is 0 Å². The first-order valence-corrected chi connectivity index (χ1v) is 6.82. The molecule has 0 saturated heterocycles. The normalized spacial score (nSPS) is 10.9. The fourth-order valence-electron chi connectivity index (χ4n) is 1.24. The molecule has 0 amide bonds. The van der Waals surface area contributed by atoms with Crippen molar-refractivity contribution < 1.29 is 19.1 Å². The molecule has 0 aliphatic rings. The van der Waals surface area contributed by atoms with Crippen molar-refractivity contribution in [2.75, 3.05) is 13.2 Å². The summed E-state index contributed by atoms with van der Waals surface area (Å²) in [5, 5.41) is 0. The van der Waals surface area contributed by atoms with Crippen molar-refractivity contribution >= 4 is 11.9 Å². The minimum absolute atomic E-state index is 0.290. The van der Waals surface area contributed by atoms with Crippen molar-refractivity contribution in [1.29, 1.82) is 0 Å². The Morgan fingerprint density at radius 2 is 1.39 bits per heavy atom. The maximum absolute atomic E-state index is 10.6. The van der Waals surface area contributed by atoms with Crippen molar-refractivity contribution in [2.45, 2.75) is 60.3 Å². The predicted octanol–water partition coefficient (Wildman–Crippen LogP) is 3.34. The van der Waals surface area contributed by atoms with E-state index >= 15 is 0 Å². The van der Waals surface area contributed by atoms with Crippen molar-refractivity contribution in [2.24, 2.45) is 5.92 Å². The lowest BCUT2D eigenvalue weighted by Gasteiger charge is -2.02. The van der Waals surface area contributed by atoms with Gasteiger partial charge in [-0.2, -0.15) is 0 Å². The van der Waals surface area contributed by atoms with E-state index in [-0.39, 0.29) is 19.6 Å². The Morgan fingerprint density at radius 3 is 1.61 bits per heavy atom. The summed E-state index contributed by atoms with van der Waals surface area (Å²) in [5.41, 5.74) is 0. The molecule has 0 aliphatic carbocycles. The van der Waals surface area contributed by atoms with Crippen molar-refractivity contribution in [1.82, 2.24) is 0 Å². The Morgan fingerprint density at radius 1 is 0.944 bits per heavy atom. The number of carbonyl (C=O) groups is 2. The minimum Gasteiger partial charge on any atom is -0.466 e. The van der Waals surface area contributed by atoms with Crippen molar-refractivity contribution in [3.8, 4) is 0 Å². The molecule has 4 nitrogen and oxygen atoms in total. The number of hydrogen-bond acceptors (Lipinski definition) is 4. The van der Waals surface area contributed by atoms with E-state index in [1.807, 2.05) is 0 Å². The molecular weight excluding hydrogens is 232 g/mol. The van der Waals surface area contributed by atoms with Gasteiger partial charge in [0, 0.05) is 0 Å². The van der Waals surface area contributed by atoms with Crippen LogP contribution in [0, 0.1) is 5.92 Å². The van der Waals surface area contributed by atoms with Crippen LogP contribution in [0.2, 0.25) is 0 Å². The first-order chi connectivity index (χ1) is 8.51. The smallest absolute Gasteiger partial charge is 0.317 e. The fourth-order valence-corrected chi connectivity index (χ4v) is 1.24. The molecule has 1 unspecified atom stereocenters. The summed E-state index contributed by atoms with van der Waals surface area (Å²) in [6.07, 6.45) is 3.79. The maximum Gasteiger partial charge on any atom is 0.317 e. The first kappa shape index (κ1) is 19.3. The highest BCUT2D eigenvalue weighted by molar-refractivity contribution is 5.91. The highest BCUT2D eigenvalue weighted by Gasteiger charge is 2.09. The third kappa shape index (κ3) is 14.9. The van der Waals surface area contributed by atoms with Gasteiger partial charge in [0.2, 0.25) is 0 Å². The third-order valence-electron chi connectivity index (χ3n) is 2.38. The Balaban J connectivity index is 0. The molecule has 1 atom stereocenters. The summed E-state index contributed by atoms with van der Waals surface area (Å²) in [6.45, 7) is 10.7. The fraction of sp³-hybridized carbons (Fsp3) is 0.857. The molecule has 0 aromatic carbocycles. The molecule has 0 saturated carbocycles. The van der Waals surface area contributed by atoms with Gasteiger partial charge in [-0.05, 0) is 19.8 Å². The lowest BCUT2D eigenvalue weighted by Crippen LogP contribution is -2.13. The van der Waals surface area contributed by atoms with E-state index in [0.717, 1.165) is 5.92 Å². The van der Waals surface area contributed by atoms with Gasteiger partial charge < -0.3 is 9.47 Å². The molecule has 0 N–H and O–H groups in total. The van der Waals surface area contributed by atoms with Gasteiger partial charge in [0.15, 0.2) is 0 Å². The Hall–Kier alpha value is -1.06. The van der Waals surface area contributed by atoms with E-state index in [1.165, 1.54) is 19.3 Å². The van der Waals surface area contributed by atoms with Gasteiger partial charge in [0.1, 0.15) is 6.42 Å². The largest absolute Gasteiger partial charge is 0.466 e. The van der Waals surface area contributed by atoms with Gasteiger partial charge in [0.25, 0.3) is 0 Å². The summed E-state index contributed by atoms with van der Waals surface area (Å²) in [4.78, 5) is 21.2. The van der Waals surface area contributed by atoms with E-state index in [9.17, 15) is 9.59 Å². The summed E-state index contributed by atoms with van der Waals surface area (Å²) in [7, 11) is 0. The zero-order chi connectivity index (χ0) is 14.4. The molecule has 0 rings (SSSR count). The van der Waals surface area contributed by atoms with Crippen molar-refractivity contribution in [3.63, 3.8) is 0 Å². The number of carbonyl (C=O) groups excluding carboxylic acids is 2. The molecule has 0 fully saturated rings. The van der Waals surface area contributed by atoms with Crippen LogP contribution >= 0.6 is 0 Å². The lowest BCUT2D eigenvalue weighted by molar-refractivity contribution is -0.153. The lowest BCUT2D eigenvalue weighted by atomic mass is 10.0. The Bertz CT molecular complexity index is 198. The molecule has 0 bridgehead atoms. The molecule has 0 spiro atoms. The molecule has 108 valence electrons. The minimum atomic E-state index is -0.536. The number of hydrogen-bond donors (Lipinski definition) is 0. The molecule has 4 heteroatoms. The van der Waals surface area contributed by atoms with Crippen LogP contribution in [0.3, 0.4) is 0 Å². The molecule has 0 heterocycles. The molecule has 0 radical (unpaired) electrons. The number of ether oxygens (including phenoxy) is 2. The molecule has 18 heavy (non-hydrogen) atoms. The van der Waals surface area contributed by atoms with Crippen LogP contribution in [-0.4, -0.2) is 25.2 Å². The zero-order valence-electron chi connectivity index (χ0n) is 12.5. The van der Waals surface area contributed by atoms with Gasteiger partial charge in [-0.3, -0.25) is 9.59 Å². The monoisotopic (exact) mass is 260 g/mol. The van der Waals surface area contributed by atoms with Crippen LogP contribution in [0.15, 0.2) is 0 Å². The predicted molar refractivity (Wildman–Crippen MR) is 72.2 cm³/mol. The van der Waals surface area contributed by atoms with Crippen molar-refractivity contribution in [3.05, 3.63) is 0 Å². The summed E-state index contributed by atoms with van der Waals surface area (Å²) < 4.78 is 9.04. The van der Waals surface area contributed by atoms with Gasteiger partial charge in [-0.1, -0.05) is 40.0 Å². The van der Waals surface area contributed by atoms with Gasteiger partial charge >= 0.3 is 11.9 Å². The van der Waals surface area contributed by atoms with Crippen LogP contribution in [0.25, 0.3) is 0 Å². The average molecular weight is 260 g/mol. The van der Waals surface area contributed by atoms with Crippen LogP contribution in [0.4, 0.5) is 0 Å². The summed E-state index contributed by atoms with van der Waals surface area (Å²) in [5.74, 6) is -0.123. The number of rotatable bonds is 7. The van der Waals surface area contributed by atoms with Gasteiger partial charge in [-0.25, -0.2) is 0 Å². The van der Waals surface area contributed by atoms with E-state index < -0.39 is 11.9 Å². The van der Waals surface area contributed by atoms with E-state index in [1.54, 1.807) is 13.8 Å². The Kier molecular flexibility index (Phi) is 15.0. The highest BCUT2D eigenvalue weighted by atomic mass is 16.5. The number of esters is 2. The standard InChI is InChI=1S/C7H12O4.C7H16/c1-3-10-6(8)5-7(9)11-4-2;1-4-6-7(3)5-2/h3-5H2,1-2H3;7H,4-6H2,1-3H3. The van der Waals surface area contributed by atoms with Crippen LogP contribution in [-0.2, 0) is 19.1 Å². The van der Waals surface area contributed by atoms with Crippen LogP contribution < -0.4 is 0 Å². The molecule has 0 aromatic heterocycles. The second kappa shape index (κ2) is 14.0. The SMILES string of the molecule is CCCC(C)CC.CCOC(=O)CC(=O)OCC. The zero-order valence-corrected chi connectivity index (χ0v) is 12.5. The molecule has 0 aliphatic heterocycles. The van der Waals surface area contributed by atoms with Crippen LogP contribution in [0.1, 0.15) is 60.3 Å². The Labute approximate surface area is 111 Å².